The van der Waals surface area contributed by atoms with Gasteiger partial charge in [0.15, 0.2) is 5.82 Å². The van der Waals surface area contributed by atoms with Crippen molar-refractivity contribution in [2.75, 3.05) is 14.2 Å². The van der Waals surface area contributed by atoms with Crippen LogP contribution in [-0.4, -0.2) is 40.6 Å². The van der Waals surface area contributed by atoms with Gasteiger partial charge in [0.05, 0.1) is 25.0 Å². The van der Waals surface area contributed by atoms with E-state index in [9.17, 15) is 4.79 Å². The summed E-state index contributed by atoms with van der Waals surface area (Å²) in [7, 11) is 3.17. The van der Waals surface area contributed by atoms with E-state index in [2.05, 4.69) is 20.5 Å². The molecule has 1 heterocycles. The molecule has 0 aliphatic rings. The van der Waals surface area contributed by atoms with E-state index in [4.69, 9.17) is 21.1 Å². The van der Waals surface area contributed by atoms with Gasteiger partial charge in [0.1, 0.15) is 11.5 Å². The first-order chi connectivity index (χ1) is 14.0. The maximum absolute atomic E-state index is 12.4. The number of aromatic nitrogens is 3. The molecule has 0 aliphatic carbocycles. The summed E-state index contributed by atoms with van der Waals surface area (Å²) >= 11 is 7.39. The van der Waals surface area contributed by atoms with Crippen molar-refractivity contribution < 1.29 is 14.3 Å². The maximum atomic E-state index is 12.4. The third kappa shape index (κ3) is 5.21. The number of nitrogens with one attached hydrogen (secondary N) is 2. The number of nitrogens with zero attached hydrogens (tertiary/aromatic N) is 2. The molecule has 0 radical (unpaired) electrons. The first kappa shape index (κ1) is 21.0. The Hall–Kier alpha value is -2.71. The summed E-state index contributed by atoms with van der Waals surface area (Å²) in [6.45, 7) is 2.17. The summed E-state index contributed by atoms with van der Waals surface area (Å²) in [5.74, 6) is 1.73. The van der Waals surface area contributed by atoms with E-state index >= 15 is 0 Å². The molecule has 1 unspecified atom stereocenters. The molecule has 0 spiro atoms. The molecule has 2 N–H and O–H groups in total. The van der Waals surface area contributed by atoms with Crippen LogP contribution < -0.4 is 14.8 Å². The molecule has 0 bridgehead atoms. The van der Waals surface area contributed by atoms with Crippen LogP contribution in [0.25, 0.3) is 11.4 Å². The molecule has 3 aromatic rings. The average molecular weight is 433 g/mol. The highest BCUT2D eigenvalue weighted by atomic mass is 35.5. The summed E-state index contributed by atoms with van der Waals surface area (Å²) in [5, 5.41) is 10.7. The Morgan fingerprint density at radius 2 is 2.03 bits per heavy atom. The fourth-order valence-corrected chi connectivity index (χ4v) is 3.54. The molecule has 0 fully saturated rings. The van der Waals surface area contributed by atoms with E-state index in [1.54, 1.807) is 33.3 Å². The van der Waals surface area contributed by atoms with E-state index in [0.29, 0.717) is 34.0 Å². The number of methoxy groups -OCH3 is 2. The minimum absolute atomic E-state index is 0.122. The van der Waals surface area contributed by atoms with Gasteiger partial charge in [0, 0.05) is 17.6 Å². The topological polar surface area (TPSA) is 89.1 Å². The molecule has 1 aromatic heterocycles. The number of rotatable bonds is 8. The SMILES string of the molecule is COc1ccc(-c2nc(SC(C)C(=O)NCc3ccccc3Cl)n[nH]2)c(OC)c1. The number of hydrogen-bond donors (Lipinski definition) is 2. The minimum Gasteiger partial charge on any atom is -0.497 e. The van der Waals surface area contributed by atoms with Crippen LogP contribution in [0.15, 0.2) is 47.6 Å². The second-order valence-corrected chi connectivity index (χ2v) is 7.82. The number of H-pyrrole nitrogens is 1. The Morgan fingerprint density at radius 3 is 2.76 bits per heavy atom. The van der Waals surface area contributed by atoms with Crippen LogP contribution in [0.3, 0.4) is 0 Å². The smallest absolute Gasteiger partial charge is 0.233 e. The summed E-state index contributed by atoms with van der Waals surface area (Å²) in [5.41, 5.74) is 1.62. The van der Waals surface area contributed by atoms with E-state index in [-0.39, 0.29) is 11.2 Å². The Morgan fingerprint density at radius 1 is 1.24 bits per heavy atom. The van der Waals surface area contributed by atoms with E-state index in [0.717, 1.165) is 11.1 Å². The lowest BCUT2D eigenvalue weighted by Crippen LogP contribution is -2.30. The van der Waals surface area contributed by atoms with Gasteiger partial charge in [-0.25, -0.2) is 4.98 Å². The third-order valence-electron chi connectivity index (χ3n) is 4.19. The van der Waals surface area contributed by atoms with Gasteiger partial charge in [0.25, 0.3) is 0 Å². The van der Waals surface area contributed by atoms with Crippen LogP contribution in [0.5, 0.6) is 11.5 Å². The molecule has 1 atom stereocenters. The Bertz CT molecular complexity index is 995. The number of amides is 1. The van der Waals surface area contributed by atoms with Crippen LogP contribution >= 0.6 is 23.4 Å². The highest BCUT2D eigenvalue weighted by Crippen LogP contribution is 2.32. The number of benzene rings is 2. The van der Waals surface area contributed by atoms with Gasteiger partial charge >= 0.3 is 0 Å². The van der Waals surface area contributed by atoms with Crippen molar-refractivity contribution in [3.8, 4) is 22.9 Å². The molecule has 0 saturated heterocycles. The number of hydrogen-bond acceptors (Lipinski definition) is 6. The summed E-state index contributed by atoms with van der Waals surface area (Å²) in [6.07, 6.45) is 0. The minimum atomic E-state index is -0.376. The highest BCUT2D eigenvalue weighted by molar-refractivity contribution is 8.00. The molecule has 0 aliphatic heterocycles. The van der Waals surface area contributed by atoms with E-state index in [1.807, 2.05) is 30.3 Å². The van der Waals surface area contributed by atoms with Gasteiger partial charge in [-0.2, -0.15) is 0 Å². The van der Waals surface area contributed by atoms with Crippen molar-refractivity contribution in [1.82, 2.24) is 20.5 Å². The number of halogens is 1. The zero-order valence-electron chi connectivity index (χ0n) is 16.2. The van der Waals surface area contributed by atoms with E-state index in [1.165, 1.54) is 11.8 Å². The highest BCUT2D eigenvalue weighted by Gasteiger charge is 2.18. The maximum Gasteiger partial charge on any atom is 0.233 e. The average Bonchev–Trinajstić information content (AvgIpc) is 3.20. The van der Waals surface area contributed by atoms with Crippen molar-refractivity contribution in [2.45, 2.75) is 23.9 Å². The lowest BCUT2D eigenvalue weighted by molar-refractivity contribution is -0.120. The molecule has 29 heavy (non-hydrogen) atoms. The van der Waals surface area contributed by atoms with Crippen LogP contribution in [0.1, 0.15) is 12.5 Å². The molecule has 7 nitrogen and oxygen atoms in total. The summed E-state index contributed by atoms with van der Waals surface area (Å²) in [4.78, 5) is 16.9. The lowest BCUT2D eigenvalue weighted by atomic mass is 10.2. The molecule has 2 aromatic carbocycles. The van der Waals surface area contributed by atoms with Gasteiger partial charge in [-0.3, -0.25) is 9.89 Å². The molecule has 152 valence electrons. The molecular weight excluding hydrogens is 412 g/mol. The third-order valence-corrected chi connectivity index (χ3v) is 5.52. The zero-order chi connectivity index (χ0) is 20.8. The standard InChI is InChI=1S/C20H21ClN4O3S/c1-12(19(26)22-11-13-6-4-5-7-16(13)21)29-20-23-18(24-25-20)15-9-8-14(27-2)10-17(15)28-3/h4-10,12H,11H2,1-3H3,(H,22,26)(H,23,24,25). The predicted molar refractivity (Wildman–Crippen MR) is 114 cm³/mol. The summed E-state index contributed by atoms with van der Waals surface area (Å²) < 4.78 is 10.6. The molecule has 1 amide bonds. The fraction of sp³-hybridized carbons (Fsp3) is 0.250. The summed E-state index contributed by atoms with van der Waals surface area (Å²) in [6, 6.07) is 12.8. The van der Waals surface area contributed by atoms with Gasteiger partial charge in [-0.15, -0.1) is 5.10 Å². The van der Waals surface area contributed by atoms with Gasteiger partial charge in [-0.1, -0.05) is 41.6 Å². The van der Waals surface area contributed by atoms with Crippen LogP contribution in [0, 0.1) is 0 Å². The molecule has 3 rings (SSSR count). The normalized spacial score (nSPS) is 11.7. The van der Waals surface area contributed by atoms with Gasteiger partial charge in [0.2, 0.25) is 11.1 Å². The first-order valence-electron chi connectivity index (χ1n) is 8.84. The van der Waals surface area contributed by atoms with Crippen molar-refractivity contribution in [2.24, 2.45) is 0 Å². The number of thioether (sulfide) groups is 1. The Labute approximate surface area is 178 Å². The van der Waals surface area contributed by atoms with Gasteiger partial charge < -0.3 is 14.8 Å². The Kier molecular flexibility index (Phi) is 7.00. The quantitative estimate of drug-likeness (QED) is 0.524. The number of carbonyl (C=O) groups excluding carboxylic acids is 1. The molecular formula is C20H21ClN4O3S. The second-order valence-electron chi connectivity index (χ2n) is 6.10. The van der Waals surface area contributed by atoms with E-state index < -0.39 is 0 Å². The second kappa shape index (κ2) is 9.67. The largest absolute Gasteiger partial charge is 0.497 e. The zero-order valence-corrected chi connectivity index (χ0v) is 17.8. The van der Waals surface area contributed by atoms with Crippen molar-refractivity contribution in [3.05, 3.63) is 53.1 Å². The van der Waals surface area contributed by atoms with Crippen LogP contribution in [0.2, 0.25) is 5.02 Å². The fourth-order valence-electron chi connectivity index (χ4n) is 2.59. The number of carbonyl (C=O) groups is 1. The first-order valence-corrected chi connectivity index (χ1v) is 10.1. The molecule has 9 heteroatoms. The van der Waals surface area contributed by atoms with Crippen molar-refractivity contribution in [1.29, 1.82) is 0 Å². The Balaban J connectivity index is 1.63. The van der Waals surface area contributed by atoms with Crippen LogP contribution in [-0.2, 0) is 11.3 Å². The van der Waals surface area contributed by atoms with Crippen molar-refractivity contribution >= 4 is 29.3 Å². The predicted octanol–water partition coefficient (Wildman–Crippen LogP) is 3.94. The number of aromatic amines is 1. The number of ether oxygens (including phenoxy) is 2. The monoisotopic (exact) mass is 432 g/mol. The van der Waals surface area contributed by atoms with Crippen molar-refractivity contribution in [3.63, 3.8) is 0 Å². The van der Waals surface area contributed by atoms with Gasteiger partial charge in [-0.05, 0) is 30.7 Å². The lowest BCUT2D eigenvalue weighted by Gasteiger charge is -2.11. The van der Waals surface area contributed by atoms with Crippen LogP contribution in [0.4, 0.5) is 0 Å². The molecule has 0 saturated carbocycles.